The van der Waals surface area contributed by atoms with Gasteiger partial charge in [0, 0.05) is 11.1 Å². The molecule has 136 valence electrons. The minimum absolute atomic E-state index is 0.0619. The fraction of sp³-hybridized carbons (Fsp3) is 0.211. The van der Waals surface area contributed by atoms with E-state index in [0.29, 0.717) is 27.6 Å². The lowest BCUT2D eigenvalue weighted by Gasteiger charge is -2.08. The number of benzene rings is 2. The molecule has 0 fully saturated rings. The third kappa shape index (κ3) is 5.32. The molecule has 0 N–H and O–H groups in total. The van der Waals surface area contributed by atoms with Crippen LogP contribution in [-0.4, -0.2) is 37.9 Å². The number of Topliss-reactive ketones (excluding diaryl/α,β-unsaturated/α-hetero) is 2. The van der Waals surface area contributed by atoms with Crippen LogP contribution in [0.1, 0.15) is 27.6 Å². The van der Waals surface area contributed by atoms with Crippen LogP contribution in [0.25, 0.3) is 0 Å². The van der Waals surface area contributed by atoms with Crippen molar-refractivity contribution in [3.05, 3.63) is 58.6 Å². The van der Waals surface area contributed by atoms with Crippen molar-refractivity contribution in [2.24, 2.45) is 0 Å². The van der Waals surface area contributed by atoms with E-state index in [0.717, 1.165) is 0 Å². The maximum Gasteiger partial charge on any atom is 0.344 e. The third-order valence-electron chi connectivity index (χ3n) is 3.46. The largest absolute Gasteiger partial charge is 0.495 e. The molecular formula is C19H17ClO6. The molecule has 6 nitrogen and oxygen atoms in total. The van der Waals surface area contributed by atoms with Crippen molar-refractivity contribution in [3.63, 3.8) is 0 Å². The first-order valence-corrected chi connectivity index (χ1v) is 8.04. The zero-order chi connectivity index (χ0) is 19.1. The van der Waals surface area contributed by atoms with Gasteiger partial charge in [0.25, 0.3) is 0 Å². The van der Waals surface area contributed by atoms with Crippen LogP contribution in [0.3, 0.4) is 0 Å². The van der Waals surface area contributed by atoms with E-state index in [1.165, 1.54) is 26.2 Å². The van der Waals surface area contributed by atoms with E-state index in [4.69, 9.17) is 25.8 Å². The van der Waals surface area contributed by atoms with Crippen molar-refractivity contribution in [2.75, 3.05) is 20.3 Å². The number of halogens is 1. The molecule has 0 unspecified atom stereocenters. The molecule has 7 heteroatoms. The number of hydrogen-bond donors (Lipinski definition) is 0. The highest BCUT2D eigenvalue weighted by Crippen LogP contribution is 2.25. The summed E-state index contributed by atoms with van der Waals surface area (Å²) in [7, 11) is 1.47. The van der Waals surface area contributed by atoms with Gasteiger partial charge in [-0.2, -0.15) is 0 Å². The second-order valence-corrected chi connectivity index (χ2v) is 5.71. The first-order chi connectivity index (χ1) is 12.4. The molecule has 0 aliphatic carbocycles. The first-order valence-electron chi connectivity index (χ1n) is 7.67. The minimum Gasteiger partial charge on any atom is -0.495 e. The molecule has 2 aromatic carbocycles. The van der Waals surface area contributed by atoms with Gasteiger partial charge in [-0.1, -0.05) is 11.6 Å². The Bertz CT molecular complexity index is 813. The summed E-state index contributed by atoms with van der Waals surface area (Å²) in [6.45, 7) is 0.685. The predicted octanol–water partition coefficient (Wildman–Crippen LogP) is 3.36. The van der Waals surface area contributed by atoms with E-state index in [-0.39, 0.29) is 12.4 Å². The molecule has 2 aromatic rings. The SMILES string of the molecule is COc1ccc(C(=O)COC(=O)COc2ccc(C(C)=O)cc2)cc1Cl. The van der Waals surface area contributed by atoms with Crippen molar-refractivity contribution >= 4 is 29.1 Å². The smallest absolute Gasteiger partial charge is 0.344 e. The Morgan fingerprint density at radius 1 is 0.962 bits per heavy atom. The second kappa shape index (κ2) is 9.01. The highest BCUT2D eigenvalue weighted by Gasteiger charge is 2.13. The molecule has 0 saturated carbocycles. The van der Waals surface area contributed by atoms with Crippen molar-refractivity contribution in [3.8, 4) is 11.5 Å². The summed E-state index contributed by atoms with van der Waals surface area (Å²) in [5, 5.41) is 0.294. The van der Waals surface area contributed by atoms with Crippen LogP contribution in [0.5, 0.6) is 11.5 Å². The van der Waals surface area contributed by atoms with Crippen LogP contribution in [0.15, 0.2) is 42.5 Å². The van der Waals surface area contributed by atoms with E-state index < -0.39 is 18.4 Å². The number of hydrogen-bond acceptors (Lipinski definition) is 6. The fourth-order valence-electron chi connectivity index (χ4n) is 2.04. The van der Waals surface area contributed by atoms with Crippen LogP contribution >= 0.6 is 11.6 Å². The van der Waals surface area contributed by atoms with Gasteiger partial charge in [-0.15, -0.1) is 0 Å². The molecule has 0 saturated heterocycles. The van der Waals surface area contributed by atoms with Crippen molar-refractivity contribution in [1.82, 2.24) is 0 Å². The molecule has 2 rings (SSSR count). The van der Waals surface area contributed by atoms with Crippen molar-refractivity contribution in [1.29, 1.82) is 0 Å². The Balaban J connectivity index is 1.81. The van der Waals surface area contributed by atoms with Crippen molar-refractivity contribution in [2.45, 2.75) is 6.92 Å². The Labute approximate surface area is 155 Å². The molecule has 0 amide bonds. The quantitative estimate of drug-likeness (QED) is 0.519. The molecule has 26 heavy (non-hydrogen) atoms. The predicted molar refractivity (Wildman–Crippen MR) is 95.2 cm³/mol. The molecule has 0 radical (unpaired) electrons. The number of ether oxygens (including phenoxy) is 3. The highest BCUT2D eigenvalue weighted by molar-refractivity contribution is 6.32. The second-order valence-electron chi connectivity index (χ2n) is 5.30. The molecule has 0 bridgehead atoms. The Kier molecular flexibility index (Phi) is 6.74. The fourth-order valence-corrected chi connectivity index (χ4v) is 2.30. The number of rotatable bonds is 8. The average Bonchev–Trinajstić information content (AvgIpc) is 2.64. The van der Waals surface area contributed by atoms with Gasteiger partial charge in [0.05, 0.1) is 12.1 Å². The Hall–Kier alpha value is -2.86. The van der Waals surface area contributed by atoms with Crippen LogP contribution in [0, 0.1) is 0 Å². The lowest BCUT2D eigenvalue weighted by molar-refractivity contribution is -0.144. The third-order valence-corrected chi connectivity index (χ3v) is 3.75. The van der Waals surface area contributed by atoms with Gasteiger partial charge in [-0.05, 0) is 49.4 Å². The van der Waals surface area contributed by atoms with Gasteiger partial charge in [0.2, 0.25) is 0 Å². The summed E-state index contributed by atoms with van der Waals surface area (Å²) < 4.78 is 15.2. The number of esters is 1. The van der Waals surface area contributed by atoms with E-state index >= 15 is 0 Å². The van der Waals surface area contributed by atoms with Gasteiger partial charge < -0.3 is 14.2 Å². The Morgan fingerprint density at radius 3 is 2.19 bits per heavy atom. The monoisotopic (exact) mass is 376 g/mol. The summed E-state index contributed by atoms with van der Waals surface area (Å²) in [6, 6.07) is 10.9. The van der Waals surface area contributed by atoms with Crippen LogP contribution in [-0.2, 0) is 9.53 Å². The van der Waals surface area contributed by atoms with Crippen LogP contribution < -0.4 is 9.47 Å². The van der Waals surface area contributed by atoms with Gasteiger partial charge in [-0.3, -0.25) is 9.59 Å². The van der Waals surface area contributed by atoms with Gasteiger partial charge in [0.15, 0.2) is 24.8 Å². The van der Waals surface area contributed by atoms with Gasteiger partial charge in [0.1, 0.15) is 11.5 Å². The lowest BCUT2D eigenvalue weighted by atomic mass is 10.1. The minimum atomic E-state index is -0.686. The summed E-state index contributed by atoms with van der Waals surface area (Å²) in [6.07, 6.45) is 0. The summed E-state index contributed by atoms with van der Waals surface area (Å²) in [5.74, 6) is -0.278. The van der Waals surface area contributed by atoms with Crippen molar-refractivity contribution < 1.29 is 28.6 Å². The maximum absolute atomic E-state index is 12.0. The normalized spacial score (nSPS) is 10.1. The topological polar surface area (TPSA) is 78.9 Å². The van der Waals surface area contributed by atoms with Gasteiger partial charge >= 0.3 is 5.97 Å². The first kappa shape index (κ1) is 19.5. The average molecular weight is 377 g/mol. The molecular weight excluding hydrogens is 360 g/mol. The molecule has 0 heterocycles. The van der Waals surface area contributed by atoms with Gasteiger partial charge in [-0.25, -0.2) is 4.79 Å². The van der Waals surface area contributed by atoms with E-state index in [9.17, 15) is 14.4 Å². The summed E-state index contributed by atoms with van der Waals surface area (Å²) in [5.41, 5.74) is 0.855. The van der Waals surface area contributed by atoms with Crippen LogP contribution in [0.4, 0.5) is 0 Å². The van der Waals surface area contributed by atoms with Crippen LogP contribution in [0.2, 0.25) is 5.02 Å². The van der Waals surface area contributed by atoms with E-state index in [2.05, 4.69) is 0 Å². The highest BCUT2D eigenvalue weighted by atomic mass is 35.5. The standard InChI is InChI=1S/C19H17ClO6/c1-12(21)13-3-6-15(7-4-13)25-11-19(23)26-10-17(22)14-5-8-18(24-2)16(20)9-14/h3-9H,10-11H2,1-2H3. The summed E-state index contributed by atoms with van der Waals surface area (Å²) in [4.78, 5) is 34.9. The molecule has 0 aliphatic heterocycles. The number of carbonyl (C=O) groups excluding carboxylic acids is 3. The summed E-state index contributed by atoms with van der Waals surface area (Å²) >= 11 is 5.96. The zero-order valence-electron chi connectivity index (χ0n) is 14.3. The number of methoxy groups -OCH3 is 1. The van der Waals surface area contributed by atoms with E-state index in [1.54, 1.807) is 30.3 Å². The maximum atomic E-state index is 12.0. The number of carbonyl (C=O) groups is 3. The molecule has 0 aromatic heterocycles. The molecule has 0 aliphatic rings. The molecule has 0 spiro atoms. The molecule has 0 atom stereocenters. The Morgan fingerprint density at radius 2 is 1.62 bits per heavy atom. The number of ketones is 2. The zero-order valence-corrected chi connectivity index (χ0v) is 15.0. The lowest BCUT2D eigenvalue weighted by Crippen LogP contribution is -2.19. The van der Waals surface area contributed by atoms with E-state index in [1.807, 2.05) is 0 Å².